The first kappa shape index (κ1) is 19.5. The van der Waals surface area contributed by atoms with Crippen molar-refractivity contribution in [3.05, 3.63) is 59.1 Å². The van der Waals surface area contributed by atoms with E-state index in [1.807, 2.05) is 24.3 Å². The summed E-state index contributed by atoms with van der Waals surface area (Å²) in [5.41, 5.74) is 1.77. The minimum atomic E-state index is -3.46. The largest absolute Gasteiger partial charge is 0.493 e. The second-order valence-electron chi connectivity index (χ2n) is 6.17. The van der Waals surface area contributed by atoms with E-state index in [0.29, 0.717) is 23.7 Å². The van der Waals surface area contributed by atoms with Crippen LogP contribution in [0.4, 0.5) is 5.69 Å². The molecule has 0 aromatic heterocycles. The number of benzene rings is 2. The van der Waals surface area contributed by atoms with Gasteiger partial charge in [0.1, 0.15) is 5.75 Å². The van der Waals surface area contributed by atoms with E-state index in [0.717, 1.165) is 11.3 Å². The van der Waals surface area contributed by atoms with Crippen molar-refractivity contribution < 1.29 is 17.9 Å². The van der Waals surface area contributed by atoms with Crippen molar-refractivity contribution in [2.24, 2.45) is 0 Å². The number of fused-ring (bicyclic) bond motifs is 1. The number of rotatable bonds is 8. The van der Waals surface area contributed by atoms with Crippen LogP contribution in [0.1, 0.15) is 12.0 Å². The van der Waals surface area contributed by atoms with Crippen molar-refractivity contribution in [3.63, 3.8) is 0 Å². The lowest BCUT2D eigenvalue weighted by molar-refractivity contribution is -0.121. The molecular formula is C19H21ClN2O4S. The SMILES string of the molecule is O=C(CCOc1ccc(Cl)cc1)NCCS(=O)(=O)N1CCc2ccccc21. The number of hydrogen-bond donors (Lipinski definition) is 1. The number of para-hydroxylation sites is 1. The summed E-state index contributed by atoms with van der Waals surface area (Å²) in [6.07, 6.45) is 0.860. The molecule has 0 spiro atoms. The summed E-state index contributed by atoms with van der Waals surface area (Å²) in [5, 5.41) is 3.25. The van der Waals surface area contributed by atoms with Crippen LogP contribution in [0.3, 0.4) is 0 Å². The number of nitrogens with one attached hydrogen (secondary N) is 1. The van der Waals surface area contributed by atoms with Crippen molar-refractivity contribution in [2.75, 3.05) is 29.8 Å². The van der Waals surface area contributed by atoms with Crippen LogP contribution >= 0.6 is 11.6 Å². The van der Waals surface area contributed by atoms with E-state index in [4.69, 9.17) is 16.3 Å². The molecular weight excluding hydrogens is 388 g/mol. The number of sulfonamides is 1. The van der Waals surface area contributed by atoms with E-state index in [1.165, 1.54) is 4.31 Å². The zero-order valence-electron chi connectivity index (χ0n) is 14.7. The molecule has 0 saturated heterocycles. The van der Waals surface area contributed by atoms with E-state index in [-0.39, 0.29) is 31.2 Å². The van der Waals surface area contributed by atoms with Crippen LogP contribution < -0.4 is 14.4 Å². The molecule has 6 nitrogen and oxygen atoms in total. The second kappa shape index (κ2) is 8.63. The topological polar surface area (TPSA) is 75.7 Å². The van der Waals surface area contributed by atoms with Gasteiger partial charge in [-0.25, -0.2) is 8.42 Å². The first-order valence-corrected chi connectivity index (χ1v) is 10.7. The number of carbonyl (C=O) groups excluding carboxylic acids is 1. The molecule has 1 aliphatic heterocycles. The molecule has 1 aliphatic rings. The fourth-order valence-corrected chi connectivity index (χ4v) is 4.46. The highest BCUT2D eigenvalue weighted by Crippen LogP contribution is 2.29. The third-order valence-corrected chi connectivity index (χ3v) is 6.30. The number of amides is 1. The maximum atomic E-state index is 12.5. The minimum absolute atomic E-state index is 0.0702. The van der Waals surface area contributed by atoms with Crippen molar-refractivity contribution in [3.8, 4) is 5.75 Å². The van der Waals surface area contributed by atoms with Gasteiger partial charge in [0, 0.05) is 18.1 Å². The third kappa shape index (κ3) is 5.14. The van der Waals surface area contributed by atoms with E-state index in [9.17, 15) is 13.2 Å². The molecule has 1 N–H and O–H groups in total. The van der Waals surface area contributed by atoms with Crippen LogP contribution in [0.25, 0.3) is 0 Å². The fourth-order valence-electron chi connectivity index (χ4n) is 2.91. The van der Waals surface area contributed by atoms with Gasteiger partial charge in [-0.2, -0.15) is 0 Å². The van der Waals surface area contributed by atoms with Gasteiger partial charge in [0.2, 0.25) is 15.9 Å². The molecule has 27 heavy (non-hydrogen) atoms. The molecule has 0 radical (unpaired) electrons. The normalized spacial score (nSPS) is 13.3. The minimum Gasteiger partial charge on any atom is -0.493 e. The first-order chi connectivity index (χ1) is 13.0. The van der Waals surface area contributed by atoms with Gasteiger partial charge in [0.15, 0.2) is 0 Å². The lowest BCUT2D eigenvalue weighted by atomic mass is 10.2. The van der Waals surface area contributed by atoms with Gasteiger partial charge in [0.25, 0.3) is 0 Å². The molecule has 0 atom stereocenters. The molecule has 144 valence electrons. The van der Waals surface area contributed by atoms with E-state index >= 15 is 0 Å². The number of halogens is 1. The molecule has 0 fully saturated rings. The van der Waals surface area contributed by atoms with Gasteiger partial charge in [-0.1, -0.05) is 29.8 Å². The summed E-state index contributed by atoms with van der Waals surface area (Å²) in [7, 11) is -3.46. The summed E-state index contributed by atoms with van der Waals surface area (Å²) in [4.78, 5) is 11.9. The molecule has 1 heterocycles. The molecule has 0 unspecified atom stereocenters. The molecule has 8 heteroatoms. The quantitative estimate of drug-likeness (QED) is 0.728. The van der Waals surface area contributed by atoms with Gasteiger partial charge in [-0.05, 0) is 42.3 Å². The molecule has 1 amide bonds. The zero-order chi connectivity index (χ0) is 19.3. The number of ether oxygens (including phenoxy) is 1. The van der Waals surface area contributed by atoms with Crippen LogP contribution in [0, 0.1) is 0 Å². The van der Waals surface area contributed by atoms with Gasteiger partial charge in [-0.3, -0.25) is 9.10 Å². The van der Waals surface area contributed by atoms with Crippen LogP contribution in [0.5, 0.6) is 5.75 Å². The predicted octanol–water partition coefficient (Wildman–Crippen LogP) is 2.62. The monoisotopic (exact) mass is 408 g/mol. The zero-order valence-corrected chi connectivity index (χ0v) is 16.3. The van der Waals surface area contributed by atoms with Crippen molar-refractivity contribution in [1.29, 1.82) is 0 Å². The Morgan fingerprint density at radius 2 is 1.89 bits per heavy atom. The number of carbonyl (C=O) groups is 1. The summed E-state index contributed by atoms with van der Waals surface area (Å²) >= 11 is 5.79. The smallest absolute Gasteiger partial charge is 0.236 e. The van der Waals surface area contributed by atoms with Gasteiger partial charge >= 0.3 is 0 Å². The van der Waals surface area contributed by atoms with Gasteiger partial charge in [0.05, 0.1) is 24.5 Å². The van der Waals surface area contributed by atoms with Crippen LogP contribution in [0.2, 0.25) is 5.02 Å². The first-order valence-electron chi connectivity index (χ1n) is 8.69. The van der Waals surface area contributed by atoms with E-state index < -0.39 is 10.0 Å². The summed E-state index contributed by atoms with van der Waals surface area (Å²) in [6, 6.07) is 14.3. The Morgan fingerprint density at radius 1 is 1.15 bits per heavy atom. The second-order valence-corrected chi connectivity index (χ2v) is 8.62. The Hall–Kier alpha value is -2.25. The van der Waals surface area contributed by atoms with Crippen LogP contribution in [-0.4, -0.2) is 39.8 Å². The standard InChI is InChI=1S/C19H21ClN2O4S/c20-16-5-7-17(8-6-16)26-13-10-19(23)21-11-14-27(24,25)22-12-9-15-3-1-2-4-18(15)22/h1-8H,9-14H2,(H,21,23). The molecule has 0 bridgehead atoms. The Balaban J connectivity index is 1.41. The maximum absolute atomic E-state index is 12.5. The fraction of sp³-hybridized carbons (Fsp3) is 0.316. The van der Waals surface area contributed by atoms with Gasteiger partial charge in [-0.15, -0.1) is 0 Å². The molecule has 2 aromatic carbocycles. The van der Waals surface area contributed by atoms with Crippen molar-refractivity contribution in [1.82, 2.24) is 5.32 Å². The highest BCUT2D eigenvalue weighted by atomic mass is 35.5. The highest BCUT2D eigenvalue weighted by molar-refractivity contribution is 7.92. The Kier molecular flexibility index (Phi) is 6.23. The molecule has 2 aromatic rings. The van der Waals surface area contributed by atoms with Crippen molar-refractivity contribution >= 4 is 33.2 Å². The summed E-state index contributed by atoms with van der Waals surface area (Å²) in [5.74, 6) is 0.244. The maximum Gasteiger partial charge on any atom is 0.236 e. The molecule has 0 aliphatic carbocycles. The average molecular weight is 409 g/mol. The Labute approximate surface area is 164 Å². The van der Waals surface area contributed by atoms with Gasteiger partial charge < -0.3 is 10.1 Å². The number of anilines is 1. The Morgan fingerprint density at radius 3 is 2.67 bits per heavy atom. The highest BCUT2D eigenvalue weighted by Gasteiger charge is 2.28. The van der Waals surface area contributed by atoms with Crippen LogP contribution in [-0.2, 0) is 21.2 Å². The lowest BCUT2D eigenvalue weighted by Gasteiger charge is -2.19. The van der Waals surface area contributed by atoms with E-state index in [2.05, 4.69) is 5.32 Å². The van der Waals surface area contributed by atoms with Crippen LogP contribution in [0.15, 0.2) is 48.5 Å². The Bertz CT molecular complexity index is 900. The lowest BCUT2D eigenvalue weighted by Crippen LogP contribution is -2.37. The molecule has 3 rings (SSSR count). The summed E-state index contributed by atoms with van der Waals surface area (Å²) < 4.78 is 32.0. The molecule has 0 saturated carbocycles. The summed E-state index contributed by atoms with van der Waals surface area (Å²) in [6.45, 7) is 0.727. The number of hydrogen-bond acceptors (Lipinski definition) is 4. The predicted molar refractivity (Wildman–Crippen MR) is 106 cm³/mol. The average Bonchev–Trinajstić information content (AvgIpc) is 3.08. The third-order valence-electron chi connectivity index (χ3n) is 4.27. The van der Waals surface area contributed by atoms with E-state index in [1.54, 1.807) is 24.3 Å². The number of nitrogens with zero attached hydrogens (tertiary/aromatic N) is 1. The van der Waals surface area contributed by atoms with Crippen molar-refractivity contribution in [2.45, 2.75) is 12.8 Å².